The van der Waals surface area contributed by atoms with Crippen LogP contribution in [0.1, 0.15) is 17.7 Å². The van der Waals surface area contributed by atoms with Crippen LogP contribution in [0.2, 0.25) is 0 Å². The molecule has 1 aromatic heterocycles. The highest BCUT2D eigenvalue weighted by Gasteiger charge is 2.12. The van der Waals surface area contributed by atoms with Gasteiger partial charge < -0.3 is 4.74 Å². The van der Waals surface area contributed by atoms with Gasteiger partial charge in [-0.15, -0.1) is 0 Å². The third-order valence-corrected chi connectivity index (χ3v) is 3.57. The van der Waals surface area contributed by atoms with Crippen molar-refractivity contribution in [2.75, 3.05) is 7.11 Å². The molecule has 0 aliphatic heterocycles. The lowest BCUT2D eigenvalue weighted by Crippen LogP contribution is -2.37. The number of nitrogens with two attached hydrogens (primary N) is 1. The van der Waals surface area contributed by atoms with Gasteiger partial charge in [-0.2, -0.15) is 5.10 Å². The van der Waals surface area contributed by atoms with Crippen molar-refractivity contribution in [1.29, 1.82) is 0 Å². The second kappa shape index (κ2) is 7.07. The maximum Gasteiger partial charge on any atom is 0.122 e. The highest BCUT2D eigenvalue weighted by molar-refractivity contribution is 5.33. The molecule has 1 atom stereocenters. The van der Waals surface area contributed by atoms with Crippen LogP contribution in [0.5, 0.6) is 5.75 Å². The van der Waals surface area contributed by atoms with E-state index < -0.39 is 0 Å². The van der Waals surface area contributed by atoms with Gasteiger partial charge in [0.1, 0.15) is 5.75 Å². The molecule has 0 amide bonds. The highest BCUT2D eigenvalue weighted by Crippen LogP contribution is 2.20. The summed E-state index contributed by atoms with van der Waals surface area (Å²) in [6.45, 7) is 0. The van der Waals surface area contributed by atoms with Crippen molar-refractivity contribution in [2.45, 2.75) is 25.3 Å². The van der Waals surface area contributed by atoms with Crippen molar-refractivity contribution in [3.63, 3.8) is 0 Å². The molecule has 5 nitrogen and oxygen atoms in total. The van der Waals surface area contributed by atoms with Crippen LogP contribution in [0.15, 0.2) is 36.5 Å². The number of benzene rings is 1. The van der Waals surface area contributed by atoms with Gasteiger partial charge in [-0.25, -0.2) is 0 Å². The third kappa shape index (κ3) is 3.59. The van der Waals surface area contributed by atoms with E-state index in [2.05, 4.69) is 16.6 Å². The molecule has 0 aliphatic carbocycles. The monoisotopic (exact) mass is 274 g/mol. The molecule has 2 rings (SSSR count). The standard InChI is InChI=1S/C15H22N4O/c1-19-14(9-10-17-19)8-7-13(18-16)11-12-5-3-4-6-15(12)20-2/h3-6,9-10,13,18H,7-8,11,16H2,1-2H3. The molecule has 5 heteroatoms. The van der Waals surface area contributed by atoms with Crippen molar-refractivity contribution in [3.05, 3.63) is 47.8 Å². The zero-order chi connectivity index (χ0) is 14.4. The van der Waals surface area contributed by atoms with Crippen LogP contribution in [-0.4, -0.2) is 22.9 Å². The number of aromatic nitrogens is 2. The van der Waals surface area contributed by atoms with E-state index >= 15 is 0 Å². The topological polar surface area (TPSA) is 65.1 Å². The predicted molar refractivity (Wildman–Crippen MR) is 79.3 cm³/mol. The summed E-state index contributed by atoms with van der Waals surface area (Å²) in [6, 6.07) is 10.3. The summed E-state index contributed by atoms with van der Waals surface area (Å²) in [7, 11) is 3.65. The number of hydrazine groups is 1. The van der Waals surface area contributed by atoms with E-state index in [9.17, 15) is 0 Å². The molecule has 3 N–H and O–H groups in total. The van der Waals surface area contributed by atoms with Crippen molar-refractivity contribution < 1.29 is 4.74 Å². The predicted octanol–water partition coefficient (Wildman–Crippen LogP) is 1.44. The van der Waals surface area contributed by atoms with Gasteiger partial charge in [0.05, 0.1) is 7.11 Å². The summed E-state index contributed by atoms with van der Waals surface area (Å²) < 4.78 is 7.28. The number of hydrogen-bond donors (Lipinski definition) is 2. The number of para-hydroxylation sites is 1. The van der Waals surface area contributed by atoms with Crippen LogP contribution in [0.25, 0.3) is 0 Å². The minimum Gasteiger partial charge on any atom is -0.496 e. The smallest absolute Gasteiger partial charge is 0.122 e. The van der Waals surface area contributed by atoms with Gasteiger partial charge in [-0.1, -0.05) is 18.2 Å². The van der Waals surface area contributed by atoms with E-state index in [0.29, 0.717) is 0 Å². The average molecular weight is 274 g/mol. The molecular weight excluding hydrogens is 252 g/mol. The van der Waals surface area contributed by atoms with E-state index in [1.165, 1.54) is 11.3 Å². The molecule has 0 spiro atoms. The fraction of sp³-hybridized carbons (Fsp3) is 0.400. The van der Waals surface area contributed by atoms with E-state index in [0.717, 1.165) is 25.0 Å². The lowest BCUT2D eigenvalue weighted by Gasteiger charge is -2.17. The first-order valence-electron chi connectivity index (χ1n) is 6.79. The molecule has 2 aromatic rings. The second-order valence-corrected chi connectivity index (χ2v) is 4.86. The molecule has 1 unspecified atom stereocenters. The summed E-state index contributed by atoms with van der Waals surface area (Å²) >= 11 is 0. The summed E-state index contributed by atoms with van der Waals surface area (Å²) in [5, 5.41) is 4.18. The number of ether oxygens (including phenoxy) is 1. The van der Waals surface area contributed by atoms with Gasteiger partial charge in [-0.3, -0.25) is 16.0 Å². The maximum atomic E-state index is 5.68. The minimum atomic E-state index is 0.209. The molecule has 0 saturated heterocycles. The fourth-order valence-corrected chi connectivity index (χ4v) is 2.35. The Morgan fingerprint density at radius 1 is 1.35 bits per heavy atom. The molecule has 108 valence electrons. The SMILES string of the molecule is COc1ccccc1CC(CCc1ccnn1C)NN. The number of nitrogens with zero attached hydrogens (tertiary/aromatic N) is 2. The Morgan fingerprint density at radius 2 is 2.15 bits per heavy atom. The van der Waals surface area contributed by atoms with Crippen LogP contribution in [0.3, 0.4) is 0 Å². The van der Waals surface area contributed by atoms with E-state index in [-0.39, 0.29) is 6.04 Å². The first kappa shape index (κ1) is 14.6. The van der Waals surface area contributed by atoms with Crippen LogP contribution in [0, 0.1) is 0 Å². The zero-order valence-electron chi connectivity index (χ0n) is 12.0. The van der Waals surface area contributed by atoms with Crippen LogP contribution >= 0.6 is 0 Å². The maximum absolute atomic E-state index is 5.68. The van der Waals surface area contributed by atoms with Gasteiger partial charge >= 0.3 is 0 Å². The molecule has 0 aliphatic rings. The summed E-state index contributed by atoms with van der Waals surface area (Å²) in [4.78, 5) is 0. The molecule has 0 fully saturated rings. The van der Waals surface area contributed by atoms with Gasteiger partial charge in [0.25, 0.3) is 0 Å². The normalized spacial score (nSPS) is 12.3. The van der Waals surface area contributed by atoms with Crippen molar-refractivity contribution >= 4 is 0 Å². The lowest BCUT2D eigenvalue weighted by molar-refractivity contribution is 0.402. The second-order valence-electron chi connectivity index (χ2n) is 4.86. The summed E-state index contributed by atoms with van der Waals surface area (Å²) in [5.41, 5.74) is 5.28. The molecule has 1 heterocycles. The van der Waals surface area contributed by atoms with Gasteiger partial charge in [0.2, 0.25) is 0 Å². The van der Waals surface area contributed by atoms with Crippen LogP contribution < -0.4 is 16.0 Å². The van der Waals surface area contributed by atoms with Crippen molar-refractivity contribution in [1.82, 2.24) is 15.2 Å². The highest BCUT2D eigenvalue weighted by atomic mass is 16.5. The van der Waals surface area contributed by atoms with E-state index in [1.807, 2.05) is 42.2 Å². The molecular formula is C15H22N4O. The number of rotatable bonds is 7. The molecule has 0 radical (unpaired) electrons. The van der Waals surface area contributed by atoms with Crippen molar-refractivity contribution in [3.8, 4) is 5.75 Å². The average Bonchev–Trinajstić information content (AvgIpc) is 2.89. The van der Waals surface area contributed by atoms with Gasteiger partial charge in [0, 0.05) is 25.0 Å². The quantitative estimate of drug-likeness (QED) is 0.592. The van der Waals surface area contributed by atoms with Gasteiger partial charge in [0.15, 0.2) is 0 Å². The molecule has 20 heavy (non-hydrogen) atoms. The van der Waals surface area contributed by atoms with Crippen molar-refractivity contribution in [2.24, 2.45) is 12.9 Å². The fourth-order valence-electron chi connectivity index (χ4n) is 2.35. The first-order valence-corrected chi connectivity index (χ1v) is 6.79. The Kier molecular flexibility index (Phi) is 5.15. The van der Waals surface area contributed by atoms with Gasteiger partial charge in [-0.05, 0) is 37.0 Å². The Hall–Kier alpha value is -1.85. The Labute approximate surface area is 119 Å². The number of hydrogen-bond acceptors (Lipinski definition) is 4. The summed E-state index contributed by atoms with van der Waals surface area (Å²) in [6.07, 6.45) is 4.56. The lowest BCUT2D eigenvalue weighted by atomic mass is 10.0. The number of methoxy groups -OCH3 is 1. The number of nitrogens with one attached hydrogen (secondary N) is 1. The summed E-state index contributed by atoms with van der Waals surface area (Å²) in [5.74, 6) is 6.59. The Balaban J connectivity index is 1.97. The largest absolute Gasteiger partial charge is 0.496 e. The van der Waals surface area contributed by atoms with E-state index in [1.54, 1.807) is 7.11 Å². The van der Waals surface area contributed by atoms with Crippen LogP contribution in [0.4, 0.5) is 0 Å². The first-order chi connectivity index (χ1) is 9.74. The Bertz CT molecular complexity index is 538. The minimum absolute atomic E-state index is 0.209. The zero-order valence-corrected chi connectivity index (χ0v) is 12.0. The Morgan fingerprint density at radius 3 is 2.80 bits per heavy atom. The molecule has 0 saturated carbocycles. The van der Waals surface area contributed by atoms with E-state index in [4.69, 9.17) is 10.6 Å². The molecule has 0 bridgehead atoms. The molecule has 1 aromatic carbocycles. The third-order valence-electron chi connectivity index (χ3n) is 3.57. The number of aryl methyl sites for hydroxylation is 2. The van der Waals surface area contributed by atoms with Crippen LogP contribution in [-0.2, 0) is 19.9 Å².